The van der Waals surface area contributed by atoms with Gasteiger partial charge in [0, 0.05) is 0 Å². The number of hydrogen-bond acceptors (Lipinski definition) is 3. The van der Waals surface area contributed by atoms with E-state index in [-0.39, 0.29) is 6.29 Å². The molecule has 0 aromatic rings. The lowest BCUT2D eigenvalue weighted by Gasteiger charge is -2.38. The molecule has 0 saturated carbocycles. The Balaban J connectivity index is 4.93. The SMILES string of the molecule is CC[Si](CC)(CC)OC(CO[SiH2]CCCI)O[Si](CC)(CC)CC. The van der Waals surface area contributed by atoms with Crippen molar-refractivity contribution in [3.63, 3.8) is 0 Å². The Bertz CT molecular complexity index is 262. The van der Waals surface area contributed by atoms with Crippen molar-refractivity contribution in [2.75, 3.05) is 11.0 Å². The molecular weight excluding hydrogens is 463 g/mol. The summed E-state index contributed by atoms with van der Waals surface area (Å²) in [6.45, 7) is 14.4. The topological polar surface area (TPSA) is 27.7 Å². The summed E-state index contributed by atoms with van der Waals surface area (Å²) in [5, 5.41) is 0. The van der Waals surface area contributed by atoms with E-state index in [4.69, 9.17) is 13.3 Å². The van der Waals surface area contributed by atoms with Gasteiger partial charge in [0.2, 0.25) is 0 Å². The second-order valence-corrected chi connectivity index (χ2v) is 18.7. The molecule has 3 nitrogen and oxygen atoms in total. The Morgan fingerprint density at radius 1 is 0.792 bits per heavy atom. The van der Waals surface area contributed by atoms with E-state index in [1.165, 1.54) is 53.2 Å². The molecule has 0 aromatic heterocycles. The predicted molar refractivity (Wildman–Crippen MR) is 123 cm³/mol. The molecule has 0 spiro atoms. The Morgan fingerprint density at radius 3 is 1.54 bits per heavy atom. The molecule has 0 bridgehead atoms. The summed E-state index contributed by atoms with van der Waals surface area (Å²) in [7, 11) is -3.75. The molecule has 0 heterocycles. The van der Waals surface area contributed by atoms with Crippen LogP contribution >= 0.6 is 22.6 Å². The summed E-state index contributed by atoms with van der Waals surface area (Å²) in [4.78, 5) is 0. The van der Waals surface area contributed by atoms with Gasteiger partial charge in [-0.25, -0.2) is 0 Å². The van der Waals surface area contributed by atoms with E-state index < -0.39 is 26.4 Å². The van der Waals surface area contributed by atoms with Crippen LogP contribution in [0.3, 0.4) is 0 Å². The minimum atomic E-state index is -1.66. The van der Waals surface area contributed by atoms with E-state index in [1.54, 1.807) is 0 Å². The maximum Gasteiger partial charge on any atom is 0.195 e. The van der Waals surface area contributed by atoms with Crippen LogP contribution in [0.2, 0.25) is 42.3 Å². The third-order valence-electron chi connectivity index (χ3n) is 5.56. The molecule has 0 aliphatic rings. The Labute approximate surface area is 169 Å². The molecule has 0 aromatic carbocycles. The standard InChI is InChI=1S/C17H41IO3Si3/c1-7-23(8-2,9-3)20-17(16-19-22-15-13-14-18)21-24(10-4,11-5)12-6/h17H,7-16,22H2,1-6H3. The highest BCUT2D eigenvalue weighted by Gasteiger charge is 2.37. The number of alkyl halides is 1. The average Bonchev–Trinajstić information content (AvgIpc) is 2.63. The molecule has 0 radical (unpaired) electrons. The molecule has 0 atom stereocenters. The fourth-order valence-electron chi connectivity index (χ4n) is 3.13. The van der Waals surface area contributed by atoms with E-state index in [2.05, 4.69) is 64.1 Å². The van der Waals surface area contributed by atoms with Crippen molar-refractivity contribution in [3.05, 3.63) is 0 Å². The van der Waals surface area contributed by atoms with Crippen molar-refractivity contribution in [3.8, 4) is 0 Å². The van der Waals surface area contributed by atoms with E-state index in [0.717, 1.165) is 0 Å². The van der Waals surface area contributed by atoms with Gasteiger partial charge in [0.15, 0.2) is 32.7 Å². The Kier molecular flexibility index (Phi) is 15.1. The molecule has 0 aliphatic carbocycles. The quantitative estimate of drug-likeness (QED) is 0.0887. The van der Waals surface area contributed by atoms with Gasteiger partial charge in [-0.15, -0.1) is 0 Å². The van der Waals surface area contributed by atoms with Crippen LogP contribution in [-0.2, 0) is 13.3 Å². The highest BCUT2D eigenvalue weighted by Crippen LogP contribution is 2.28. The first-order valence-corrected chi connectivity index (χ1v) is 18.2. The zero-order valence-electron chi connectivity index (χ0n) is 17.0. The Hall–Kier alpha value is 1.26. The maximum atomic E-state index is 6.70. The summed E-state index contributed by atoms with van der Waals surface area (Å²) in [6, 6.07) is 8.30. The van der Waals surface area contributed by atoms with Gasteiger partial charge in [0.05, 0.1) is 6.61 Å². The summed E-state index contributed by atoms with van der Waals surface area (Å²) >= 11 is 2.45. The van der Waals surface area contributed by atoms with Crippen molar-refractivity contribution in [1.29, 1.82) is 0 Å². The van der Waals surface area contributed by atoms with Gasteiger partial charge >= 0.3 is 0 Å². The van der Waals surface area contributed by atoms with E-state index >= 15 is 0 Å². The van der Waals surface area contributed by atoms with Crippen molar-refractivity contribution < 1.29 is 13.3 Å². The molecule has 7 heteroatoms. The van der Waals surface area contributed by atoms with Crippen LogP contribution in [0.25, 0.3) is 0 Å². The van der Waals surface area contributed by atoms with Gasteiger partial charge < -0.3 is 13.3 Å². The fourth-order valence-corrected chi connectivity index (χ4v) is 11.1. The van der Waals surface area contributed by atoms with Gasteiger partial charge in [0.25, 0.3) is 0 Å². The first-order chi connectivity index (χ1) is 11.5. The van der Waals surface area contributed by atoms with Gasteiger partial charge in [0.1, 0.15) is 0 Å². The maximum absolute atomic E-state index is 6.70. The minimum absolute atomic E-state index is 0.116. The third kappa shape index (κ3) is 8.77. The van der Waals surface area contributed by atoms with Gasteiger partial charge in [-0.05, 0) is 53.2 Å². The van der Waals surface area contributed by atoms with E-state index in [9.17, 15) is 0 Å². The molecule has 0 rings (SSSR count). The number of rotatable bonds is 16. The van der Waals surface area contributed by atoms with Crippen molar-refractivity contribution in [2.45, 2.75) is 96.6 Å². The van der Waals surface area contributed by atoms with Crippen molar-refractivity contribution in [1.82, 2.24) is 0 Å². The lowest BCUT2D eigenvalue weighted by molar-refractivity contribution is -0.0439. The van der Waals surface area contributed by atoms with Crippen molar-refractivity contribution >= 4 is 49.0 Å². The second kappa shape index (κ2) is 14.3. The monoisotopic (exact) mass is 504 g/mol. The van der Waals surface area contributed by atoms with Crippen LogP contribution in [0.5, 0.6) is 0 Å². The molecule has 24 heavy (non-hydrogen) atoms. The summed E-state index contributed by atoms with van der Waals surface area (Å²) < 4.78 is 20.7. The van der Waals surface area contributed by atoms with Crippen LogP contribution in [0.1, 0.15) is 48.0 Å². The lowest BCUT2D eigenvalue weighted by atomic mass is 10.6. The molecular formula is C17H41IO3Si3. The average molecular weight is 505 g/mol. The predicted octanol–water partition coefficient (Wildman–Crippen LogP) is 5.70. The Morgan fingerprint density at radius 2 is 1.21 bits per heavy atom. The van der Waals surface area contributed by atoms with Crippen LogP contribution < -0.4 is 0 Å². The van der Waals surface area contributed by atoms with E-state index in [1.807, 2.05) is 0 Å². The molecule has 0 aliphatic heterocycles. The highest BCUT2D eigenvalue weighted by molar-refractivity contribution is 14.1. The second-order valence-electron chi connectivity index (χ2n) is 6.62. The molecule has 146 valence electrons. The first-order valence-electron chi connectivity index (χ1n) is 10.00. The van der Waals surface area contributed by atoms with Crippen LogP contribution in [-0.4, -0.2) is 43.7 Å². The van der Waals surface area contributed by atoms with Gasteiger partial charge in [-0.2, -0.15) is 0 Å². The van der Waals surface area contributed by atoms with Gasteiger partial charge in [-0.1, -0.05) is 64.1 Å². The molecule has 0 fully saturated rings. The fraction of sp³-hybridized carbons (Fsp3) is 1.00. The third-order valence-corrected chi connectivity index (χ3v) is 16.9. The lowest BCUT2D eigenvalue weighted by Crippen LogP contribution is -2.48. The zero-order valence-corrected chi connectivity index (χ0v) is 22.5. The summed E-state index contributed by atoms with van der Waals surface area (Å²) in [5.74, 6) is 0. The number of hydrogen-bond donors (Lipinski definition) is 0. The van der Waals surface area contributed by atoms with Crippen LogP contribution in [0.4, 0.5) is 0 Å². The van der Waals surface area contributed by atoms with Gasteiger partial charge in [-0.3, -0.25) is 0 Å². The normalized spacial score (nSPS) is 13.5. The molecule has 0 saturated heterocycles. The molecule has 0 N–H and O–H groups in total. The van der Waals surface area contributed by atoms with Crippen LogP contribution in [0.15, 0.2) is 0 Å². The minimum Gasteiger partial charge on any atom is -0.419 e. The van der Waals surface area contributed by atoms with Crippen molar-refractivity contribution in [2.24, 2.45) is 0 Å². The summed E-state index contributed by atoms with van der Waals surface area (Å²) in [6.07, 6.45) is 1.17. The smallest absolute Gasteiger partial charge is 0.195 e. The first kappa shape index (κ1) is 25.3. The van der Waals surface area contributed by atoms with Crippen LogP contribution in [0, 0.1) is 0 Å². The summed E-state index contributed by atoms with van der Waals surface area (Å²) in [5.41, 5.74) is 0. The largest absolute Gasteiger partial charge is 0.419 e. The van der Waals surface area contributed by atoms with E-state index in [0.29, 0.717) is 6.61 Å². The molecule has 0 amide bonds. The molecule has 0 unspecified atom stereocenters. The number of halogens is 1. The highest BCUT2D eigenvalue weighted by atomic mass is 127. The zero-order chi connectivity index (χ0) is 18.5.